The van der Waals surface area contributed by atoms with E-state index in [1.807, 2.05) is 0 Å². The first-order chi connectivity index (χ1) is 10.7. The van der Waals surface area contributed by atoms with Crippen molar-refractivity contribution in [3.63, 3.8) is 0 Å². The van der Waals surface area contributed by atoms with Gasteiger partial charge in [-0.25, -0.2) is 0 Å². The van der Waals surface area contributed by atoms with Gasteiger partial charge >= 0.3 is 15.2 Å². The fourth-order valence-corrected chi connectivity index (χ4v) is 3.55. The first kappa shape index (κ1) is 24.1. The second-order valence-electron chi connectivity index (χ2n) is 5.26. The zero-order chi connectivity index (χ0) is 19.3. The summed E-state index contributed by atoms with van der Waals surface area (Å²) in [6, 6.07) is 0. The summed E-state index contributed by atoms with van der Waals surface area (Å²) in [5, 5.41) is 37.2. The average molecular weight is 397 g/mol. The third-order valence-electron chi connectivity index (χ3n) is 3.13. The number of hydrogen-bond donors (Lipinski definition) is 8. The Balaban J connectivity index is 4.78. The molecule has 0 saturated carbocycles. The summed E-state index contributed by atoms with van der Waals surface area (Å²) < 4.78 is 32.4. The molecule has 7 atom stereocenters. The van der Waals surface area contributed by atoms with Gasteiger partial charge in [-0.2, -0.15) is 0 Å². The molecule has 0 saturated heterocycles. The lowest BCUT2D eigenvalue weighted by atomic mass is 10.1. The van der Waals surface area contributed by atoms with Crippen LogP contribution in [0.15, 0.2) is 0 Å². The smallest absolute Gasteiger partial charge is 0.359 e. The highest BCUT2D eigenvalue weighted by Gasteiger charge is 2.42. The van der Waals surface area contributed by atoms with Crippen molar-refractivity contribution in [3.05, 3.63) is 0 Å². The first-order valence-corrected chi connectivity index (χ1v) is 10.1. The minimum Gasteiger partial charge on any atom is -0.396 e. The van der Waals surface area contributed by atoms with Crippen molar-refractivity contribution >= 4 is 15.2 Å². The normalized spacial score (nSPS) is 22.9. The number of ether oxygens (including phenoxy) is 1. The Kier molecular flexibility index (Phi) is 9.70. The zero-order valence-corrected chi connectivity index (χ0v) is 14.9. The highest BCUT2D eigenvalue weighted by molar-refractivity contribution is 7.54. The predicted octanol–water partition coefficient (Wildman–Crippen LogP) is -2.32. The molecule has 0 amide bonds. The molecule has 0 aliphatic carbocycles. The maximum Gasteiger partial charge on any atom is 0.359 e. The summed E-state index contributed by atoms with van der Waals surface area (Å²) in [6.45, 7) is 1.27. The van der Waals surface area contributed by atoms with Gasteiger partial charge < -0.3 is 50.1 Å². The molecule has 0 rings (SSSR count). The van der Waals surface area contributed by atoms with E-state index >= 15 is 0 Å². The van der Waals surface area contributed by atoms with Crippen molar-refractivity contribution in [1.82, 2.24) is 0 Å². The predicted molar refractivity (Wildman–Crippen MR) is 80.6 cm³/mol. The van der Waals surface area contributed by atoms with Crippen LogP contribution in [-0.4, -0.2) is 78.4 Å². The average Bonchev–Trinajstić information content (AvgIpc) is 2.44. The molecule has 0 spiro atoms. The Morgan fingerprint density at radius 3 is 1.88 bits per heavy atom. The molecule has 9 N–H and O–H groups in total. The Bertz CT molecular complexity index is 470. The quantitative estimate of drug-likeness (QED) is 0.136. The summed E-state index contributed by atoms with van der Waals surface area (Å²) in [5.74, 6) is -5.36. The fourth-order valence-electron chi connectivity index (χ4n) is 1.51. The molecule has 0 bridgehead atoms. The first-order valence-electron chi connectivity index (χ1n) is 6.82. The van der Waals surface area contributed by atoms with Crippen LogP contribution in [0.1, 0.15) is 13.8 Å². The lowest BCUT2D eigenvalue weighted by molar-refractivity contribution is -0.0536. The molecule has 7 unspecified atom stereocenters. The molecule has 0 fully saturated rings. The lowest BCUT2D eigenvalue weighted by Gasteiger charge is -2.28. The number of aliphatic hydroxyl groups excluding tert-OH is 4. The van der Waals surface area contributed by atoms with Crippen LogP contribution in [0.3, 0.4) is 0 Å². The molecule has 12 nitrogen and oxygen atoms in total. The van der Waals surface area contributed by atoms with Crippen LogP contribution in [0.4, 0.5) is 0 Å². The van der Waals surface area contributed by atoms with Crippen LogP contribution >= 0.6 is 15.2 Å². The molecule has 14 heteroatoms. The largest absolute Gasteiger partial charge is 0.396 e. The molecule has 0 aromatic carbocycles. The van der Waals surface area contributed by atoms with Crippen LogP contribution in [0, 0.1) is 5.92 Å². The van der Waals surface area contributed by atoms with Gasteiger partial charge in [-0.15, -0.1) is 0 Å². The van der Waals surface area contributed by atoms with Crippen molar-refractivity contribution < 1.29 is 53.5 Å². The van der Waals surface area contributed by atoms with Crippen molar-refractivity contribution in [3.8, 4) is 0 Å². The fraction of sp³-hybridized carbons (Fsp3) is 1.00. The minimum atomic E-state index is -4.98. The van der Waals surface area contributed by atoms with Gasteiger partial charge in [-0.3, -0.25) is 9.13 Å². The van der Waals surface area contributed by atoms with E-state index in [2.05, 4.69) is 4.52 Å². The maximum absolute atomic E-state index is 12.0. The van der Waals surface area contributed by atoms with Crippen LogP contribution in [-0.2, 0) is 18.4 Å². The van der Waals surface area contributed by atoms with E-state index in [1.54, 1.807) is 0 Å². The lowest BCUT2D eigenvalue weighted by Crippen LogP contribution is -2.38. The van der Waals surface area contributed by atoms with Gasteiger partial charge in [0, 0.05) is 5.92 Å². The molecule has 0 aromatic heterocycles. The standard InChI is InChI=1S/C10H25NO11P2/c1-5(21-4-7(3-12)8(11)13)10(15)24(19,20)22-6(2)9(14)23(16,17)18/h5-10,12-15H,3-4,11H2,1-2H3,(H,19,20)(H2,16,17,18). The molecule has 0 radical (unpaired) electrons. The van der Waals surface area contributed by atoms with Crippen LogP contribution in [0.25, 0.3) is 0 Å². The van der Waals surface area contributed by atoms with Crippen LogP contribution < -0.4 is 5.73 Å². The van der Waals surface area contributed by atoms with Gasteiger partial charge in [-0.05, 0) is 13.8 Å². The monoisotopic (exact) mass is 397 g/mol. The second-order valence-corrected chi connectivity index (χ2v) is 8.84. The van der Waals surface area contributed by atoms with E-state index < -0.39 is 57.8 Å². The third-order valence-corrected chi connectivity index (χ3v) is 5.96. The third kappa shape index (κ3) is 7.52. The minimum absolute atomic E-state index is 0.340. The highest BCUT2D eigenvalue weighted by Crippen LogP contribution is 2.52. The topological polar surface area (TPSA) is 220 Å². The maximum atomic E-state index is 12.0. The summed E-state index contributed by atoms with van der Waals surface area (Å²) in [7, 11) is -9.82. The van der Waals surface area contributed by atoms with Gasteiger partial charge in [0.1, 0.15) is 12.3 Å². The highest BCUT2D eigenvalue weighted by atomic mass is 31.2. The second kappa shape index (κ2) is 9.67. The molecular weight excluding hydrogens is 372 g/mol. The van der Waals surface area contributed by atoms with E-state index in [9.17, 15) is 24.2 Å². The Hall–Kier alpha value is 0.0600. The summed E-state index contributed by atoms with van der Waals surface area (Å²) in [4.78, 5) is 27.3. The van der Waals surface area contributed by atoms with Crippen LogP contribution in [0.2, 0.25) is 0 Å². The van der Waals surface area contributed by atoms with Gasteiger partial charge in [-0.1, -0.05) is 0 Å². The number of hydrogen-bond acceptors (Lipinski definition) is 9. The molecule has 146 valence electrons. The molecule has 0 aliphatic heterocycles. The summed E-state index contributed by atoms with van der Waals surface area (Å²) in [6.07, 6.45) is -4.47. The SMILES string of the molecule is CC(OP(=O)(O)C(O)C(C)OCC(CO)C(N)O)C(O)P(=O)(O)O. The van der Waals surface area contributed by atoms with E-state index in [0.29, 0.717) is 0 Å². The molecule has 0 aliphatic rings. The Morgan fingerprint density at radius 2 is 1.50 bits per heavy atom. The van der Waals surface area contributed by atoms with E-state index in [1.165, 1.54) is 6.92 Å². The Morgan fingerprint density at radius 1 is 1.00 bits per heavy atom. The number of aliphatic hydroxyl groups is 4. The van der Waals surface area contributed by atoms with Gasteiger partial charge in [0.15, 0.2) is 11.7 Å². The molecule has 24 heavy (non-hydrogen) atoms. The number of nitrogens with two attached hydrogens (primary N) is 1. The van der Waals surface area contributed by atoms with Crippen molar-refractivity contribution in [1.29, 1.82) is 0 Å². The molecule has 0 heterocycles. The van der Waals surface area contributed by atoms with Gasteiger partial charge in [0.05, 0.1) is 19.3 Å². The molecule has 0 aromatic rings. The summed E-state index contributed by atoms with van der Waals surface area (Å²) >= 11 is 0. The van der Waals surface area contributed by atoms with Crippen molar-refractivity contribution in [2.75, 3.05) is 13.2 Å². The zero-order valence-electron chi connectivity index (χ0n) is 13.1. The van der Waals surface area contributed by atoms with Crippen molar-refractivity contribution in [2.24, 2.45) is 11.7 Å². The van der Waals surface area contributed by atoms with Gasteiger partial charge in [0.2, 0.25) is 0 Å². The van der Waals surface area contributed by atoms with Crippen molar-refractivity contribution in [2.45, 2.75) is 44.0 Å². The van der Waals surface area contributed by atoms with Gasteiger partial charge in [0.25, 0.3) is 0 Å². The van der Waals surface area contributed by atoms with E-state index in [0.717, 1.165) is 6.92 Å². The number of rotatable bonds is 11. The van der Waals surface area contributed by atoms with E-state index in [-0.39, 0.29) is 6.61 Å². The summed E-state index contributed by atoms with van der Waals surface area (Å²) in [5.41, 5.74) is 5.16. The Labute approximate surface area is 138 Å². The van der Waals surface area contributed by atoms with E-state index in [4.69, 9.17) is 30.5 Å². The van der Waals surface area contributed by atoms with Crippen LogP contribution in [0.5, 0.6) is 0 Å². The molecular formula is C10H25NO11P2.